The molecule has 0 spiro atoms. The highest BCUT2D eigenvalue weighted by atomic mass is 19.1. The van der Waals surface area contributed by atoms with E-state index in [1.165, 1.54) is 23.4 Å². The molecule has 1 aromatic heterocycles. The SMILES string of the molecule is [N-]=[N+]=NC1CCN(CC(O)(Cn2cncn2)c2ccc(F)cc2F)CC1. The summed E-state index contributed by atoms with van der Waals surface area (Å²) in [6.45, 7) is 1.32. The molecule has 1 saturated heterocycles. The number of nitrogens with zero attached hydrogens (tertiary/aromatic N) is 7. The van der Waals surface area contributed by atoms with Crippen LogP contribution in [0.3, 0.4) is 0 Å². The van der Waals surface area contributed by atoms with Crippen molar-refractivity contribution >= 4 is 0 Å². The van der Waals surface area contributed by atoms with Gasteiger partial charge in [0.15, 0.2) is 0 Å². The molecule has 0 radical (unpaired) electrons. The van der Waals surface area contributed by atoms with Gasteiger partial charge in [-0.15, -0.1) is 0 Å². The largest absolute Gasteiger partial charge is 0.382 e. The zero-order valence-electron chi connectivity index (χ0n) is 14.0. The van der Waals surface area contributed by atoms with Crippen molar-refractivity contribution in [2.24, 2.45) is 5.11 Å². The van der Waals surface area contributed by atoms with Crippen LogP contribution in [0.1, 0.15) is 18.4 Å². The fourth-order valence-corrected chi connectivity index (χ4v) is 3.31. The van der Waals surface area contributed by atoms with Gasteiger partial charge in [-0.25, -0.2) is 18.4 Å². The summed E-state index contributed by atoms with van der Waals surface area (Å²) in [6.07, 6.45) is 4.08. The van der Waals surface area contributed by atoms with Crippen LogP contribution >= 0.6 is 0 Å². The number of azide groups is 1. The Labute approximate surface area is 148 Å². The normalized spacial score (nSPS) is 18.3. The molecule has 1 aliphatic heterocycles. The molecule has 0 saturated carbocycles. The van der Waals surface area contributed by atoms with E-state index in [1.807, 2.05) is 4.90 Å². The first kappa shape index (κ1) is 18.2. The quantitative estimate of drug-likeness (QED) is 0.483. The molecule has 26 heavy (non-hydrogen) atoms. The van der Waals surface area contributed by atoms with Crippen molar-refractivity contribution in [3.8, 4) is 0 Å². The molecular formula is C16H19F2N7O. The van der Waals surface area contributed by atoms with Crippen LogP contribution in [0.5, 0.6) is 0 Å². The lowest BCUT2D eigenvalue weighted by atomic mass is 9.91. The van der Waals surface area contributed by atoms with Crippen molar-refractivity contribution in [1.29, 1.82) is 0 Å². The minimum Gasteiger partial charge on any atom is -0.382 e. The molecule has 0 aliphatic carbocycles. The molecule has 1 fully saturated rings. The summed E-state index contributed by atoms with van der Waals surface area (Å²) in [5.74, 6) is -1.51. The van der Waals surface area contributed by atoms with Gasteiger partial charge < -0.3 is 10.0 Å². The summed E-state index contributed by atoms with van der Waals surface area (Å²) in [5.41, 5.74) is 6.92. The molecule has 1 unspecified atom stereocenters. The number of aliphatic hydroxyl groups is 1. The second-order valence-electron chi connectivity index (χ2n) is 6.46. The zero-order chi connectivity index (χ0) is 18.6. The van der Waals surface area contributed by atoms with E-state index < -0.39 is 17.2 Å². The Hall–Kier alpha value is -2.55. The van der Waals surface area contributed by atoms with E-state index in [2.05, 4.69) is 20.1 Å². The number of aromatic nitrogens is 3. The number of piperidine rings is 1. The van der Waals surface area contributed by atoms with Crippen molar-refractivity contribution in [2.75, 3.05) is 19.6 Å². The van der Waals surface area contributed by atoms with Gasteiger partial charge >= 0.3 is 0 Å². The van der Waals surface area contributed by atoms with Crippen molar-refractivity contribution in [3.05, 3.63) is 58.5 Å². The average Bonchev–Trinajstić information content (AvgIpc) is 3.09. The van der Waals surface area contributed by atoms with Crippen LogP contribution < -0.4 is 0 Å². The smallest absolute Gasteiger partial charge is 0.137 e. The number of benzene rings is 1. The summed E-state index contributed by atoms with van der Waals surface area (Å²) in [7, 11) is 0. The standard InChI is InChI=1S/C16H19F2N7O/c17-12-1-2-14(15(18)7-12)16(26,9-25-11-20-10-21-25)8-24-5-3-13(4-6-24)22-23-19/h1-2,7,10-11,13,26H,3-6,8-9H2. The predicted octanol–water partition coefficient (Wildman–Crippen LogP) is 2.22. The highest BCUT2D eigenvalue weighted by molar-refractivity contribution is 5.25. The van der Waals surface area contributed by atoms with Gasteiger partial charge in [0.1, 0.15) is 29.9 Å². The van der Waals surface area contributed by atoms with Gasteiger partial charge in [-0.05, 0) is 37.5 Å². The fraction of sp³-hybridized carbons (Fsp3) is 0.500. The van der Waals surface area contributed by atoms with Crippen molar-refractivity contribution < 1.29 is 13.9 Å². The monoisotopic (exact) mass is 363 g/mol. The minimum absolute atomic E-state index is 0.00608. The second-order valence-corrected chi connectivity index (χ2v) is 6.46. The van der Waals surface area contributed by atoms with E-state index in [9.17, 15) is 13.9 Å². The first-order valence-corrected chi connectivity index (χ1v) is 8.27. The molecule has 0 amide bonds. The third-order valence-electron chi connectivity index (χ3n) is 4.58. The maximum absolute atomic E-state index is 14.4. The Morgan fingerprint density at radius 3 is 2.69 bits per heavy atom. The Balaban J connectivity index is 1.82. The molecular weight excluding hydrogens is 344 g/mol. The predicted molar refractivity (Wildman–Crippen MR) is 88.9 cm³/mol. The van der Waals surface area contributed by atoms with Gasteiger partial charge in [0.25, 0.3) is 0 Å². The molecule has 3 rings (SSSR count). The molecule has 1 aromatic carbocycles. The minimum atomic E-state index is -1.61. The first-order valence-electron chi connectivity index (χ1n) is 8.27. The van der Waals surface area contributed by atoms with Gasteiger partial charge in [-0.1, -0.05) is 11.2 Å². The Bertz CT molecular complexity index is 786. The Morgan fingerprint density at radius 1 is 1.31 bits per heavy atom. The fourth-order valence-electron chi connectivity index (χ4n) is 3.31. The van der Waals surface area contributed by atoms with Crippen LogP contribution in [0.15, 0.2) is 36.0 Å². The molecule has 1 N–H and O–H groups in total. The lowest BCUT2D eigenvalue weighted by molar-refractivity contribution is -0.0264. The van der Waals surface area contributed by atoms with Gasteiger partial charge in [-0.3, -0.25) is 0 Å². The van der Waals surface area contributed by atoms with Crippen LogP contribution in [0, 0.1) is 11.6 Å². The number of likely N-dealkylation sites (tertiary alicyclic amines) is 1. The average molecular weight is 363 g/mol. The van der Waals surface area contributed by atoms with Gasteiger partial charge in [0.2, 0.25) is 0 Å². The lowest BCUT2D eigenvalue weighted by Crippen LogP contribution is -2.47. The second kappa shape index (κ2) is 7.77. The highest BCUT2D eigenvalue weighted by Gasteiger charge is 2.36. The van der Waals surface area contributed by atoms with Crippen LogP contribution in [-0.2, 0) is 12.1 Å². The molecule has 8 nitrogen and oxygen atoms in total. The van der Waals surface area contributed by atoms with E-state index in [4.69, 9.17) is 5.53 Å². The summed E-state index contributed by atoms with van der Waals surface area (Å²) in [4.78, 5) is 8.65. The summed E-state index contributed by atoms with van der Waals surface area (Å²) in [5, 5.41) is 19.0. The highest BCUT2D eigenvalue weighted by Crippen LogP contribution is 2.29. The molecule has 10 heteroatoms. The number of rotatable bonds is 6. The maximum atomic E-state index is 14.4. The van der Waals surface area contributed by atoms with E-state index in [-0.39, 0.29) is 24.7 Å². The van der Waals surface area contributed by atoms with Gasteiger partial charge in [0, 0.05) is 29.1 Å². The zero-order valence-corrected chi connectivity index (χ0v) is 14.0. The maximum Gasteiger partial charge on any atom is 0.137 e. The van der Waals surface area contributed by atoms with Crippen LogP contribution in [0.25, 0.3) is 10.4 Å². The lowest BCUT2D eigenvalue weighted by Gasteiger charge is -2.37. The van der Waals surface area contributed by atoms with Crippen LogP contribution in [-0.4, -0.2) is 50.4 Å². The summed E-state index contributed by atoms with van der Waals surface area (Å²) >= 11 is 0. The van der Waals surface area contributed by atoms with Gasteiger partial charge in [0.05, 0.1) is 6.54 Å². The number of β-amino-alcohol motifs (C(OH)–C–C–N with tert-alkyl or cyclic N) is 1. The van der Waals surface area contributed by atoms with Gasteiger partial charge in [-0.2, -0.15) is 5.10 Å². The first-order chi connectivity index (χ1) is 12.5. The molecule has 1 aliphatic rings. The molecule has 138 valence electrons. The van der Waals surface area contributed by atoms with E-state index in [0.29, 0.717) is 25.9 Å². The Kier molecular flexibility index (Phi) is 5.46. The third-order valence-corrected chi connectivity index (χ3v) is 4.58. The molecule has 2 aromatic rings. The van der Waals surface area contributed by atoms with E-state index in [0.717, 1.165) is 12.1 Å². The topological polar surface area (TPSA) is 103 Å². The molecule has 0 bridgehead atoms. The summed E-state index contributed by atoms with van der Waals surface area (Å²) in [6, 6.07) is 3.07. The van der Waals surface area contributed by atoms with Crippen LogP contribution in [0.4, 0.5) is 8.78 Å². The summed E-state index contributed by atoms with van der Waals surface area (Å²) < 4.78 is 29.1. The van der Waals surface area contributed by atoms with Crippen molar-refractivity contribution in [2.45, 2.75) is 31.0 Å². The van der Waals surface area contributed by atoms with Crippen molar-refractivity contribution in [1.82, 2.24) is 19.7 Å². The third kappa shape index (κ3) is 4.16. The Morgan fingerprint density at radius 2 is 2.08 bits per heavy atom. The number of hydrogen-bond acceptors (Lipinski definition) is 5. The molecule has 1 atom stereocenters. The van der Waals surface area contributed by atoms with Crippen LogP contribution in [0.2, 0.25) is 0 Å². The van der Waals surface area contributed by atoms with Crippen molar-refractivity contribution in [3.63, 3.8) is 0 Å². The van der Waals surface area contributed by atoms with E-state index in [1.54, 1.807) is 0 Å². The number of halogens is 2. The number of hydrogen-bond donors (Lipinski definition) is 1. The van der Waals surface area contributed by atoms with E-state index >= 15 is 0 Å². The molecule has 2 heterocycles.